The van der Waals surface area contributed by atoms with Gasteiger partial charge in [0, 0.05) is 19.6 Å². The maximum absolute atomic E-state index is 14.1. The van der Waals surface area contributed by atoms with E-state index in [0.29, 0.717) is 12.8 Å². The number of nitrogens with one attached hydrogen (secondary N) is 5. The molecule has 7 amide bonds. The van der Waals surface area contributed by atoms with E-state index in [0.717, 1.165) is 4.90 Å². The van der Waals surface area contributed by atoms with Gasteiger partial charge in [-0.1, -0.05) is 13.8 Å². The summed E-state index contributed by atoms with van der Waals surface area (Å²) in [6, 6.07) is -11.1. The Morgan fingerprint density at radius 1 is 0.683 bits per heavy atom. The molecule has 0 spiro atoms. The number of hydrogen-bond donors (Lipinski definition) is 12. The number of aliphatic carboxylic acids is 3. The summed E-state index contributed by atoms with van der Waals surface area (Å²) in [5, 5.41) is 48.6. The number of carbonyl (C=O) groups is 10. The van der Waals surface area contributed by atoms with Crippen molar-refractivity contribution in [1.82, 2.24) is 36.4 Å². The predicted molar refractivity (Wildman–Crippen MR) is 207 cm³/mol. The van der Waals surface area contributed by atoms with Crippen LogP contribution in [-0.2, 0) is 47.9 Å². The summed E-state index contributed by atoms with van der Waals surface area (Å²) in [4.78, 5) is 134. The lowest BCUT2D eigenvalue weighted by Gasteiger charge is -2.32. The highest BCUT2D eigenvalue weighted by atomic mass is 16.4. The Hall–Kier alpha value is -6.11. The molecule has 336 valence electrons. The molecule has 2 aliphatic heterocycles. The van der Waals surface area contributed by atoms with Crippen molar-refractivity contribution in [1.29, 1.82) is 0 Å². The first-order valence-corrected chi connectivity index (χ1v) is 19.3. The van der Waals surface area contributed by atoms with Crippen molar-refractivity contribution in [3.05, 3.63) is 0 Å². The summed E-state index contributed by atoms with van der Waals surface area (Å²) in [6.07, 6.45) is -0.555. The number of aliphatic imine (C=N–C) groups is 1. The minimum atomic E-state index is -1.79. The molecule has 0 radical (unpaired) electrons. The highest BCUT2D eigenvalue weighted by Gasteiger charge is 2.42. The lowest BCUT2D eigenvalue weighted by molar-refractivity contribution is -0.145. The molecule has 2 saturated heterocycles. The number of nitrogens with two attached hydrogens (primary N) is 3. The van der Waals surface area contributed by atoms with Gasteiger partial charge in [0.2, 0.25) is 41.4 Å². The van der Waals surface area contributed by atoms with E-state index in [1.807, 2.05) is 5.32 Å². The number of carbonyl (C=O) groups excluding carboxylic acids is 7. The molecule has 2 rings (SSSR count). The predicted octanol–water partition coefficient (Wildman–Crippen LogP) is -5.52. The molecule has 2 heterocycles. The second-order valence-electron chi connectivity index (χ2n) is 14.8. The standard InChI is InChI=1S/C35H57N11O14/c1-16(2)26(44-30(55)23-9-5-11-45(23)32(57)17(3)40-27(52)18(36)13-24(48)49)31(56)41-19(7-4-10-39-35(37)38)33(58)46-12-6-8-22(46)29(54)42-20(14-25(50)51)28(53)43-21(15-47)34(59)60/h16-23,26,47H,4-15,36H2,1-3H3,(H,40,52)(H,41,56)(H,42,54)(H,43,53)(H,44,55)(H,48,49)(H,50,51)(H,59,60)(H4,37,38,39)/t17-,18-,19-,20-,21-,22-,23-,26-/m0/s1. The zero-order valence-electron chi connectivity index (χ0n) is 33.6. The van der Waals surface area contributed by atoms with Crippen molar-refractivity contribution in [3.8, 4) is 0 Å². The van der Waals surface area contributed by atoms with E-state index in [1.165, 1.54) is 11.8 Å². The summed E-state index contributed by atoms with van der Waals surface area (Å²) in [7, 11) is 0. The largest absolute Gasteiger partial charge is 0.481 e. The van der Waals surface area contributed by atoms with Gasteiger partial charge < -0.3 is 74.0 Å². The molecule has 25 nitrogen and oxygen atoms in total. The molecule has 8 atom stereocenters. The van der Waals surface area contributed by atoms with Crippen LogP contribution in [0.2, 0.25) is 0 Å². The van der Waals surface area contributed by atoms with Gasteiger partial charge in [-0.15, -0.1) is 0 Å². The highest BCUT2D eigenvalue weighted by molar-refractivity contribution is 5.98. The van der Waals surface area contributed by atoms with Crippen LogP contribution in [0.15, 0.2) is 4.99 Å². The third-order valence-electron chi connectivity index (χ3n) is 9.75. The van der Waals surface area contributed by atoms with Gasteiger partial charge in [-0.25, -0.2) is 4.79 Å². The fraction of sp³-hybridized carbons (Fsp3) is 0.686. The van der Waals surface area contributed by atoms with E-state index in [1.54, 1.807) is 13.8 Å². The van der Waals surface area contributed by atoms with Crippen molar-refractivity contribution in [2.75, 3.05) is 26.2 Å². The van der Waals surface area contributed by atoms with Crippen LogP contribution >= 0.6 is 0 Å². The van der Waals surface area contributed by atoms with Crippen LogP contribution in [-0.4, -0.2) is 170 Å². The molecule has 0 aliphatic carbocycles. The van der Waals surface area contributed by atoms with Crippen molar-refractivity contribution in [2.45, 2.75) is 120 Å². The van der Waals surface area contributed by atoms with E-state index in [9.17, 15) is 63.3 Å². The Bertz CT molecular complexity index is 1660. The Morgan fingerprint density at radius 3 is 1.72 bits per heavy atom. The maximum Gasteiger partial charge on any atom is 0.328 e. The molecule has 2 fully saturated rings. The number of nitrogens with zero attached hydrogens (tertiary/aromatic N) is 3. The van der Waals surface area contributed by atoms with E-state index < -0.39 is 133 Å². The smallest absolute Gasteiger partial charge is 0.328 e. The Balaban J connectivity index is 2.27. The van der Waals surface area contributed by atoms with E-state index in [2.05, 4.69) is 26.3 Å². The molecule has 0 saturated carbocycles. The normalized spacial score (nSPS) is 19.1. The average molecular weight is 856 g/mol. The van der Waals surface area contributed by atoms with Gasteiger partial charge in [-0.3, -0.25) is 48.1 Å². The summed E-state index contributed by atoms with van der Waals surface area (Å²) in [5.74, 6) is -11.1. The minimum Gasteiger partial charge on any atom is -0.481 e. The van der Waals surface area contributed by atoms with Gasteiger partial charge in [0.15, 0.2) is 5.96 Å². The summed E-state index contributed by atoms with van der Waals surface area (Å²) >= 11 is 0. The third-order valence-corrected chi connectivity index (χ3v) is 9.75. The molecule has 0 aromatic rings. The van der Waals surface area contributed by atoms with Crippen molar-refractivity contribution < 1.29 is 68.4 Å². The van der Waals surface area contributed by atoms with Crippen LogP contribution in [0, 0.1) is 5.92 Å². The number of amides is 7. The van der Waals surface area contributed by atoms with Crippen molar-refractivity contribution >= 4 is 65.2 Å². The fourth-order valence-corrected chi connectivity index (χ4v) is 6.63. The number of hydrogen-bond acceptors (Lipinski definition) is 13. The number of carboxylic acids is 3. The first-order chi connectivity index (χ1) is 28.1. The number of likely N-dealkylation sites (tertiary alicyclic amines) is 2. The van der Waals surface area contributed by atoms with E-state index in [4.69, 9.17) is 22.3 Å². The quantitative estimate of drug-likeness (QED) is 0.0259. The van der Waals surface area contributed by atoms with Crippen LogP contribution in [0.5, 0.6) is 0 Å². The molecule has 0 aromatic carbocycles. The number of guanidine groups is 1. The van der Waals surface area contributed by atoms with E-state index >= 15 is 0 Å². The monoisotopic (exact) mass is 855 g/mol. The number of rotatable bonds is 23. The first kappa shape index (κ1) is 50.0. The van der Waals surface area contributed by atoms with Gasteiger partial charge in [-0.2, -0.15) is 0 Å². The topological polar surface area (TPSA) is 409 Å². The highest BCUT2D eigenvalue weighted by Crippen LogP contribution is 2.22. The second-order valence-corrected chi connectivity index (χ2v) is 14.8. The molecule has 0 aromatic heterocycles. The van der Waals surface area contributed by atoms with Crippen LogP contribution in [0.1, 0.15) is 72.1 Å². The van der Waals surface area contributed by atoms with Gasteiger partial charge in [-0.05, 0) is 51.4 Å². The van der Waals surface area contributed by atoms with Gasteiger partial charge in [0.1, 0.15) is 42.3 Å². The molecule has 15 N–H and O–H groups in total. The van der Waals surface area contributed by atoms with Gasteiger partial charge in [0.05, 0.1) is 25.5 Å². The lowest BCUT2D eigenvalue weighted by atomic mass is 10.0. The SMILES string of the molecule is CC(C)[C@H](NC(=O)[C@@H]1CCCN1C(=O)[C@H](C)NC(=O)[C@@H](N)CC(=O)O)C(=O)N[C@@H](CCCN=C(N)N)C(=O)N1CCC[C@H]1C(=O)N[C@@H](CC(=O)O)C(=O)N[C@@H](CO)C(=O)O. The van der Waals surface area contributed by atoms with Crippen molar-refractivity contribution in [2.24, 2.45) is 28.1 Å². The van der Waals surface area contributed by atoms with Crippen LogP contribution in [0.4, 0.5) is 0 Å². The molecular formula is C35H57N11O14. The zero-order valence-corrected chi connectivity index (χ0v) is 33.6. The van der Waals surface area contributed by atoms with Crippen LogP contribution < -0.4 is 43.8 Å². The molecule has 0 bridgehead atoms. The number of aliphatic hydroxyl groups excluding tert-OH is 1. The number of aliphatic hydroxyl groups is 1. The Morgan fingerprint density at radius 2 is 1.22 bits per heavy atom. The summed E-state index contributed by atoms with van der Waals surface area (Å²) in [6.45, 7) is 3.78. The minimum absolute atomic E-state index is 0.0127. The van der Waals surface area contributed by atoms with Crippen LogP contribution in [0.25, 0.3) is 0 Å². The summed E-state index contributed by atoms with van der Waals surface area (Å²) in [5.41, 5.74) is 16.5. The maximum atomic E-state index is 14.1. The number of carboxylic acid groups (broad SMARTS) is 3. The van der Waals surface area contributed by atoms with Gasteiger partial charge in [0.25, 0.3) is 0 Å². The Kier molecular flexibility index (Phi) is 19.6. The van der Waals surface area contributed by atoms with Crippen LogP contribution in [0.3, 0.4) is 0 Å². The van der Waals surface area contributed by atoms with Gasteiger partial charge >= 0.3 is 17.9 Å². The van der Waals surface area contributed by atoms with Crippen molar-refractivity contribution in [3.63, 3.8) is 0 Å². The first-order valence-electron chi connectivity index (χ1n) is 19.3. The molecule has 60 heavy (non-hydrogen) atoms. The summed E-state index contributed by atoms with van der Waals surface area (Å²) < 4.78 is 0. The zero-order chi connectivity index (χ0) is 45.4. The molecule has 25 heteroatoms. The molecular weight excluding hydrogens is 798 g/mol. The second kappa shape index (κ2) is 23.5. The Labute approximate surface area is 344 Å². The molecule has 0 unspecified atom stereocenters. The molecule has 2 aliphatic rings. The third kappa shape index (κ3) is 14.9. The fourth-order valence-electron chi connectivity index (χ4n) is 6.63. The lowest BCUT2D eigenvalue weighted by Crippen LogP contribution is -2.60. The average Bonchev–Trinajstić information content (AvgIpc) is 3.86. The van der Waals surface area contributed by atoms with E-state index in [-0.39, 0.29) is 51.3 Å².